The number of nitrogens with one attached hydrogen (secondary N) is 2. The molecule has 4 aliphatic rings. The highest BCUT2D eigenvalue weighted by Gasteiger charge is 2.53. The van der Waals surface area contributed by atoms with Gasteiger partial charge in [-0.3, -0.25) is 14.6 Å². The molecular weight excluding hydrogens is 580 g/mol. The summed E-state index contributed by atoms with van der Waals surface area (Å²) in [7, 11) is 1.31. The largest absolute Gasteiger partial charge is 0.469 e. The van der Waals surface area contributed by atoms with Crippen LogP contribution >= 0.6 is 0 Å². The Labute approximate surface area is 258 Å². The molecular formula is C33H34N4O8. The Morgan fingerprint density at radius 1 is 1.07 bits per heavy atom. The number of cyclic esters (lactones) is 2. The van der Waals surface area contributed by atoms with Gasteiger partial charge < -0.3 is 29.7 Å². The van der Waals surface area contributed by atoms with Gasteiger partial charge in [0.25, 0.3) is 0 Å². The van der Waals surface area contributed by atoms with Gasteiger partial charge in [0.15, 0.2) is 6.29 Å². The van der Waals surface area contributed by atoms with E-state index in [0.717, 1.165) is 0 Å². The van der Waals surface area contributed by atoms with Crippen LogP contribution in [0.2, 0.25) is 0 Å². The van der Waals surface area contributed by atoms with Crippen molar-refractivity contribution < 1.29 is 38.9 Å². The van der Waals surface area contributed by atoms with Gasteiger partial charge >= 0.3 is 17.9 Å². The van der Waals surface area contributed by atoms with E-state index in [0.29, 0.717) is 52.0 Å². The maximum Gasteiger partial charge on any atom is 0.349 e. The second-order valence-corrected chi connectivity index (χ2v) is 12.1. The molecule has 2 unspecified atom stereocenters. The van der Waals surface area contributed by atoms with Crippen molar-refractivity contribution in [3.63, 3.8) is 0 Å². The van der Waals surface area contributed by atoms with Gasteiger partial charge in [-0.15, -0.1) is 0 Å². The van der Waals surface area contributed by atoms with Crippen molar-refractivity contribution in [3.05, 3.63) is 69.1 Å². The van der Waals surface area contributed by atoms with E-state index < -0.39 is 29.1 Å². The molecule has 0 amide bonds. The zero-order chi connectivity index (χ0) is 32.6. The number of methoxy groups -OCH3 is 1. The Kier molecular flexibility index (Phi) is 7.05. The summed E-state index contributed by atoms with van der Waals surface area (Å²) < 4.78 is 10.1. The van der Waals surface area contributed by atoms with Crippen molar-refractivity contribution in [2.75, 3.05) is 7.11 Å². The van der Waals surface area contributed by atoms with E-state index >= 15 is 0 Å². The number of nitrogens with zero attached hydrogens (tertiary/aromatic N) is 2. The number of carbonyl (C=O) groups excluding carboxylic acids is 4. The van der Waals surface area contributed by atoms with Crippen molar-refractivity contribution in [2.24, 2.45) is 0 Å². The van der Waals surface area contributed by atoms with Crippen LogP contribution in [0.5, 0.6) is 0 Å². The predicted molar refractivity (Wildman–Crippen MR) is 162 cm³/mol. The van der Waals surface area contributed by atoms with E-state index in [-0.39, 0.29) is 58.4 Å². The van der Waals surface area contributed by atoms with Gasteiger partial charge in [0, 0.05) is 40.7 Å². The number of hydrogen-bond donors (Lipinski definition) is 4. The molecule has 0 fully saturated rings. The molecule has 2 aromatic heterocycles. The number of ether oxygens (including phenoxy) is 2. The summed E-state index contributed by atoms with van der Waals surface area (Å²) in [5, 5.41) is 23.5. The first kappa shape index (κ1) is 30.4. The third-order valence-corrected chi connectivity index (χ3v) is 9.78. The van der Waals surface area contributed by atoms with Crippen molar-refractivity contribution in [1.82, 2.24) is 19.9 Å². The number of esters is 3. The Morgan fingerprint density at radius 2 is 1.78 bits per heavy atom. The maximum atomic E-state index is 13.5. The van der Waals surface area contributed by atoms with E-state index in [4.69, 9.17) is 14.5 Å². The number of aryl methyl sites for hydroxylation is 1. The van der Waals surface area contributed by atoms with Gasteiger partial charge in [-0.25, -0.2) is 14.6 Å². The standard InChI is InChI=1S/C33H34N4O8/c1-7-33(43)24-11-21-16(4)26-29(36-21)27(31(41)45-30(26)40)28-17(8-9-25(39)44-6)14(2)20(35-28)10-19-15(3)18(13-38)22(34-19)12-23(37-24)32(33,5)42/h10-14,17,35-36,42-43H,7-9H2,1-6H3/t14-,17-,32?,33?/m0/s1. The zero-order valence-corrected chi connectivity index (χ0v) is 25.8. The molecule has 4 atom stereocenters. The predicted octanol–water partition coefficient (Wildman–Crippen LogP) is 4.13. The fourth-order valence-corrected chi connectivity index (χ4v) is 6.81. The summed E-state index contributed by atoms with van der Waals surface area (Å²) in [6, 6.07) is 4.82. The minimum atomic E-state index is -1.86. The lowest BCUT2D eigenvalue weighted by molar-refractivity contribution is -0.149. The number of allylic oxidation sites excluding steroid dienone is 2. The van der Waals surface area contributed by atoms with Gasteiger partial charge in [-0.1, -0.05) is 13.8 Å². The van der Waals surface area contributed by atoms with Gasteiger partial charge in [0.2, 0.25) is 0 Å². The molecule has 0 aromatic carbocycles. The quantitative estimate of drug-likeness (QED) is 0.217. The van der Waals surface area contributed by atoms with Crippen molar-refractivity contribution in [3.8, 4) is 0 Å². The summed E-state index contributed by atoms with van der Waals surface area (Å²) in [5.74, 6) is -2.72. The Hall–Kier alpha value is -4.68. The van der Waals surface area contributed by atoms with Crippen LogP contribution in [-0.4, -0.2) is 61.5 Å². The first-order valence-corrected chi connectivity index (χ1v) is 14.8. The monoisotopic (exact) mass is 614 g/mol. The number of aldehydes is 1. The van der Waals surface area contributed by atoms with Gasteiger partial charge in [-0.2, -0.15) is 0 Å². The third-order valence-electron chi connectivity index (χ3n) is 9.78. The summed E-state index contributed by atoms with van der Waals surface area (Å²) >= 11 is 0. The zero-order valence-electron chi connectivity index (χ0n) is 25.8. The molecule has 0 spiro atoms. The summed E-state index contributed by atoms with van der Waals surface area (Å²) in [5.41, 5.74) is 0.623. The highest BCUT2D eigenvalue weighted by Crippen LogP contribution is 2.47. The third kappa shape index (κ3) is 4.34. The van der Waals surface area contributed by atoms with Crippen LogP contribution in [0.3, 0.4) is 0 Å². The number of aliphatic hydroxyl groups is 2. The van der Waals surface area contributed by atoms with E-state index in [1.807, 2.05) is 6.92 Å². The molecule has 0 saturated heterocycles. The van der Waals surface area contributed by atoms with E-state index in [1.54, 1.807) is 32.9 Å². The molecule has 0 radical (unpaired) electrons. The number of H-pyrrole nitrogens is 2. The lowest BCUT2D eigenvalue weighted by Gasteiger charge is -2.34. The molecule has 0 saturated carbocycles. The van der Waals surface area contributed by atoms with Crippen LogP contribution in [0.4, 0.5) is 0 Å². The second-order valence-electron chi connectivity index (χ2n) is 12.1. The minimum absolute atomic E-state index is 0.0802. The average Bonchev–Trinajstić information content (AvgIpc) is 3.64. The molecule has 234 valence electrons. The molecule has 0 aliphatic carbocycles. The summed E-state index contributed by atoms with van der Waals surface area (Å²) in [6.45, 7) is 8.54. The average molecular weight is 615 g/mol. The Morgan fingerprint density at radius 3 is 2.44 bits per heavy atom. The lowest BCUT2D eigenvalue weighted by atomic mass is 9.80. The normalized spacial score (nSPS) is 24.8. The van der Waals surface area contributed by atoms with E-state index in [9.17, 15) is 29.4 Å². The van der Waals surface area contributed by atoms with Crippen molar-refractivity contribution in [2.45, 2.75) is 76.9 Å². The minimum Gasteiger partial charge on any atom is -0.469 e. The molecule has 12 heteroatoms. The number of aromatic amines is 2. The highest BCUT2D eigenvalue weighted by atomic mass is 16.6. The van der Waals surface area contributed by atoms with Gasteiger partial charge in [-0.05, 0) is 62.9 Å². The fourth-order valence-electron chi connectivity index (χ4n) is 6.81. The van der Waals surface area contributed by atoms with E-state index in [1.165, 1.54) is 20.1 Å². The first-order chi connectivity index (χ1) is 21.3. The Balaban J connectivity index is 1.79. The topological polar surface area (TPSA) is 185 Å². The number of hydrogen-bond acceptors (Lipinski definition) is 10. The number of aromatic nitrogens is 4. The molecule has 6 rings (SSSR count). The van der Waals surface area contributed by atoms with Crippen molar-refractivity contribution in [1.29, 1.82) is 0 Å². The highest BCUT2D eigenvalue weighted by molar-refractivity contribution is 6.18. The van der Waals surface area contributed by atoms with Crippen LogP contribution in [0.15, 0.2) is 18.2 Å². The van der Waals surface area contributed by atoms with Crippen LogP contribution in [0.1, 0.15) is 119 Å². The fraction of sp³-hybridized carbons (Fsp3) is 0.394. The number of rotatable bonds is 5. The summed E-state index contributed by atoms with van der Waals surface area (Å²) in [4.78, 5) is 66.9. The molecule has 8 bridgehead atoms. The van der Waals surface area contributed by atoms with Gasteiger partial charge in [0.1, 0.15) is 16.8 Å². The number of carbonyl (C=O) groups is 4. The van der Waals surface area contributed by atoms with Gasteiger partial charge in [0.05, 0.1) is 41.0 Å². The van der Waals surface area contributed by atoms with Crippen LogP contribution in [-0.2, 0) is 30.3 Å². The first-order valence-electron chi connectivity index (χ1n) is 14.8. The summed E-state index contributed by atoms with van der Waals surface area (Å²) in [6.07, 6.45) is 1.18. The SMILES string of the molecule is CCC1(O)c2cc3[nH]c4c(c5[nH]c(cc6nc(cc(n2)C1(C)O)C(C=O)=C6C)[C@@H](C)[C@@H]5CCC(=O)OC)C(=O)OC(=O)c4c3C. The van der Waals surface area contributed by atoms with Crippen molar-refractivity contribution >= 4 is 46.4 Å². The molecule has 45 heavy (non-hydrogen) atoms. The molecule has 4 aliphatic heterocycles. The maximum absolute atomic E-state index is 13.5. The van der Waals surface area contributed by atoms with Crippen LogP contribution < -0.4 is 0 Å². The smallest absolute Gasteiger partial charge is 0.349 e. The lowest BCUT2D eigenvalue weighted by Crippen LogP contribution is -2.43. The van der Waals surface area contributed by atoms with Crippen LogP contribution in [0, 0.1) is 6.92 Å². The molecule has 2 aromatic rings. The molecule has 4 N–H and O–H groups in total. The number of fused-ring (bicyclic) bond motifs is 8. The molecule has 12 nitrogen and oxygen atoms in total. The van der Waals surface area contributed by atoms with E-state index in [2.05, 4.69) is 15.0 Å². The second kappa shape index (κ2) is 10.5. The van der Waals surface area contributed by atoms with Crippen LogP contribution in [0.25, 0.3) is 22.2 Å². The Bertz CT molecular complexity index is 1930. The molecule has 6 heterocycles.